The average molecular weight is 245 g/mol. The lowest BCUT2D eigenvalue weighted by molar-refractivity contribution is 0.184. The lowest BCUT2D eigenvalue weighted by Gasteiger charge is -2.06. The van der Waals surface area contributed by atoms with Crippen LogP contribution in [0.25, 0.3) is 0 Å². The van der Waals surface area contributed by atoms with Crippen LogP contribution in [0.5, 0.6) is 17.4 Å². The van der Waals surface area contributed by atoms with Crippen molar-refractivity contribution in [1.29, 1.82) is 0 Å². The van der Waals surface area contributed by atoms with E-state index in [-0.39, 0.29) is 0 Å². The molecule has 0 saturated carbocycles. The molecule has 0 unspecified atom stereocenters. The smallest absolute Gasteiger partial charge is 0.219 e. The molecule has 0 bridgehead atoms. The van der Waals surface area contributed by atoms with Gasteiger partial charge in [0.05, 0.1) is 13.7 Å². The first-order chi connectivity index (χ1) is 8.81. The fourth-order valence-corrected chi connectivity index (χ4v) is 1.49. The Bertz CT molecular complexity index is 479. The van der Waals surface area contributed by atoms with Gasteiger partial charge in [-0.3, -0.25) is 0 Å². The van der Waals surface area contributed by atoms with Gasteiger partial charge in [-0.2, -0.15) is 0 Å². The largest absolute Gasteiger partial charge is 0.497 e. The summed E-state index contributed by atoms with van der Waals surface area (Å²) in [7, 11) is 3.29. The lowest BCUT2D eigenvalue weighted by atomic mass is 10.3. The van der Waals surface area contributed by atoms with Crippen LogP contribution in [0.3, 0.4) is 0 Å². The van der Waals surface area contributed by atoms with Crippen molar-refractivity contribution in [2.45, 2.75) is 6.61 Å². The molecule has 4 heteroatoms. The van der Waals surface area contributed by atoms with Gasteiger partial charge in [-0.05, 0) is 35.9 Å². The second kappa shape index (κ2) is 6.02. The Morgan fingerprint density at radius 3 is 2.22 bits per heavy atom. The summed E-state index contributed by atoms with van der Waals surface area (Å²) in [5.41, 5.74) is 1.01. The van der Waals surface area contributed by atoms with Crippen molar-refractivity contribution in [3.05, 3.63) is 48.2 Å². The highest BCUT2D eigenvalue weighted by Gasteiger charge is 2.00. The molecule has 18 heavy (non-hydrogen) atoms. The zero-order valence-electron chi connectivity index (χ0n) is 10.4. The van der Waals surface area contributed by atoms with Crippen molar-refractivity contribution in [1.82, 2.24) is 4.98 Å². The van der Waals surface area contributed by atoms with Gasteiger partial charge < -0.3 is 14.2 Å². The van der Waals surface area contributed by atoms with Gasteiger partial charge in [-0.25, -0.2) is 4.98 Å². The minimum absolute atomic E-state index is 0.551. The first-order valence-electron chi connectivity index (χ1n) is 5.57. The fourth-order valence-electron chi connectivity index (χ4n) is 1.49. The van der Waals surface area contributed by atoms with Crippen molar-refractivity contribution in [2.24, 2.45) is 0 Å². The molecule has 4 nitrogen and oxygen atoms in total. The van der Waals surface area contributed by atoms with Gasteiger partial charge in [0, 0.05) is 19.4 Å². The Labute approximate surface area is 106 Å². The average Bonchev–Trinajstić information content (AvgIpc) is 2.42. The number of benzene rings is 1. The molecule has 0 aliphatic rings. The summed E-state index contributed by atoms with van der Waals surface area (Å²) < 4.78 is 15.7. The highest BCUT2D eigenvalue weighted by molar-refractivity contribution is 5.33. The number of pyridine rings is 1. The van der Waals surface area contributed by atoms with Gasteiger partial charge in [0.25, 0.3) is 0 Å². The Kier molecular flexibility index (Phi) is 4.15. The van der Waals surface area contributed by atoms with Gasteiger partial charge in [0.1, 0.15) is 11.5 Å². The first kappa shape index (κ1) is 12.4. The van der Waals surface area contributed by atoms with E-state index >= 15 is 0 Å². The summed E-state index contributed by atoms with van der Waals surface area (Å²) in [4.78, 5) is 4.20. The maximum atomic E-state index is 5.60. The van der Waals surface area contributed by atoms with Crippen LogP contribution >= 0.6 is 0 Å². The molecule has 0 atom stereocenters. The topological polar surface area (TPSA) is 40.6 Å². The maximum absolute atomic E-state index is 5.60. The third-order valence-corrected chi connectivity index (χ3v) is 2.39. The van der Waals surface area contributed by atoms with Gasteiger partial charge >= 0.3 is 0 Å². The molecule has 1 heterocycles. The van der Waals surface area contributed by atoms with Crippen molar-refractivity contribution in [3.8, 4) is 17.4 Å². The van der Waals surface area contributed by atoms with Crippen molar-refractivity contribution in [2.75, 3.05) is 14.2 Å². The number of nitrogens with zero attached hydrogens (tertiary/aromatic N) is 1. The van der Waals surface area contributed by atoms with Crippen LogP contribution in [0.1, 0.15) is 5.56 Å². The summed E-state index contributed by atoms with van der Waals surface area (Å²) in [6.07, 6.45) is 1.74. The monoisotopic (exact) mass is 245 g/mol. The molecule has 0 spiro atoms. The molecule has 0 aliphatic heterocycles. The number of aromatic nitrogens is 1. The van der Waals surface area contributed by atoms with E-state index in [9.17, 15) is 0 Å². The number of hydrogen-bond donors (Lipinski definition) is 0. The number of ether oxygens (including phenoxy) is 3. The minimum Gasteiger partial charge on any atom is -0.497 e. The Hall–Kier alpha value is -2.07. The Morgan fingerprint density at radius 2 is 1.67 bits per heavy atom. The highest BCUT2D eigenvalue weighted by atomic mass is 16.5. The van der Waals surface area contributed by atoms with E-state index < -0.39 is 0 Å². The van der Waals surface area contributed by atoms with E-state index in [2.05, 4.69) is 4.98 Å². The van der Waals surface area contributed by atoms with E-state index in [1.807, 2.05) is 36.4 Å². The lowest BCUT2D eigenvalue weighted by Crippen LogP contribution is -1.91. The first-order valence-corrected chi connectivity index (χ1v) is 5.57. The number of rotatable bonds is 5. The second-order valence-electron chi connectivity index (χ2n) is 3.72. The quantitative estimate of drug-likeness (QED) is 0.811. The standard InChI is InChI=1S/C14H15NO3/c1-16-10-11-3-8-14(15-9-11)18-13-6-4-12(17-2)5-7-13/h3-9H,10H2,1-2H3. The molecule has 0 fully saturated rings. The van der Waals surface area contributed by atoms with E-state index in [1.54, 1.807) is 20.4 Å². The molecule has 1 aromatic heterocycles. The normalized spacial score (nSPS) is 10.1. The van der Waals surface area contributed by atoms with Crippen LogP contribution in [0, 0.1) is 0 Å². The van der Waals surface area contributed by atoms with E-state index in [1.165, 1.54) is 0 Å². The van der Waals surface area contributed by atoms with Gasteiger partial charge in [-0.1, -0.05) is 0 Å². The summed E-state index contributed by atoms with van der Waals surface area (Å²) in [5, 5.41) is 0. The summed E-state index contributed by atoms with van der Waals surface area (Å²) in [5.74, 6) is 2.08. The van der Waals surface area contributed by atoms with E-state index in [4.69, 9.17) is 14.2 Å². The minimum atomic E-state index is 0.551. The summed E-state index contributed by atoms with van der Waals surface area (Å²) in [6.45, 7) is 0.551. The van der Waals surface area contributed by atoms with E-state index in [0.717, 1.165) is 17.1 Å². The predicted octanol–water partition coefficient (Wildman–Crippen LogP) is 3.03. The zero-order chi connectivity index (χ0) is 12.8. The number of methoxy groups -OCH3 is 2. The summed E-state index contributed by atoms with van der Waals surface area (Å²) >= 11 is 0. The van der Waals surface area contributed by atoms with Crippen molar-refractivity contribution >= 4 is 0 Å². The Morgan fingerprint density at radius 1 is 0.944 bits per heavy atom. The molecular formula is C14H15NO3. The van der Waals surface area contributed by atoms with Crippen LogP contribution in [0.15, 0.2) is 42.6 Å². The number of hydrogen-bond acceptors (Lipinski definition) is 4. The van der Waals surface area contributed by atoms with Crippen LogP contribution < -0.4 is 9.47 Å². The highest BCUT2D eigenvalue weighted by Crippen LogP contribution is 2.22. The zero-order valence-corrected chi connectivity index (χ0v) is 10.4. The van der Waals surface area contributed by atoms with Gasteiger partial charge in [-0.15, -0.1) is 0 Å². The molecule has 0 aliphatic carbocycles. The molecule has 2 aromatic rings. The predicted molar refractivity (Wildman–Crippen MR) is 68.0 cm³/mol. The molecule has 0 radical (unpaired) electrons. The van der Waals surface area contributed by atoms with Crippen molar-refractivity contribution in [3.63, 3.8) is 0 Å². The van der Waals surface area contributed by atoms with Crippen LogP contribution in [0.2, 0.25) is 0 Å². The van der Waals surface area contributed by atoms with Crippen LogP contribution in [0.4, 0.5) is 0 Å². The SMILES string of the molecule is COCc1ccc(Oc2ccc(OC)cc2)nc1. The van der Waals surface area contributed by atoms with Gasteiger partial charge in [0.15, 0.2) is 0 Å². The van der Waals surface area contributed by atoms with Crippen molar-refractivity contribution < 1.29 is 14.2 Å². The third-order valence-electron chi connectivity index (χ3n) is 2.39. The molecule has 0 saturated heterocycles. The van der Waals surface area contributed by atoms with E-state index in [0.29, 0.717) is 12.5 Å². The second-order valence-corrected chi connectivity index (χ2v) is 3.72. The Balaban J connectivity index is 2.03. The maximum Gasteiger partial charge on any atom is 0.219 e. The molecule has 1 aromatic carbocycles. The molecule has 2 rings (SSSR count). The summed E-state index contributed by atoms with van der Waals surface area (Å²) in [6, 6.07) is 11.1. The fraction of sp³-hybridized carbons (Fsp3) is 0.214. The third kappa shape index (κ3) is 3.21. The van der Waals surface area contributed by atoms with Gasteiger partial charge in [0.2, 0.25) is 5.88 Å². The molecule has 0 N–H and O–H groups in total. The van der Waals surface area contributed by atoms with Crippen LogP contribution in [-0.2, 0) is 11.3 Å². The molecular weight excluding hydrogens is 230 g/mol. The molecule has 94 valence electrons. The molecule has 0 amide bonds. The van der Waals surface area contributed by atoms with Crippen LogP contribution in [-0.4, -0.2) is 19.2 Å².